The number of hydrogen-bond donors (Lipinski definition) is 2. The fourth-order valence-corrected chi connectivity index (χ4v) is 2.92. The molecule has 3 N–H and O–H groups in total. The first kappa shape index (κ1) is 18.6. The largest absolute Gasteiger partial charge is 0.417 e. The van der Waals surface area contributed by atoms with E-state index in [0.717, 1.165) is 35.7 Å². The van der Waals surface area contributed by atoms with Gasteiger partial charge >= 0.3 is 6.61 Å². The molecule has 0 spiro atoms. The molecule has 11 heteroatoms. The lowest BCUT2D eigenvalue weighted by molar-refractivity contribution is -0.0528. The Labute approximate surface area is 153 Å². The topological polar surface area (TPSA) is 90.1 Å². The van der Waals surface area contributed by atoms with Gasteiger partial charge < -0.3 is 15.8 Å². The van der Waals surface area contributed by atoms with E-state index in [1.54, 1.807) is 0 Å². The number of ether oxygens (including phenoxy) is 1. The Bertz CT molecular complexity index is 979. The molecule has 140 valence electrons. The molecule has 3 aromatic rings. The number of aromatic nitrogens is 2. The highest BCUT2D eigenvalue weighted by Crippen LogP contribution is 2.30. The summed E-state index contributed by atoms with van der Waals surface area (Å²) in [5.41, 5.74) is 6.05. The molecule has 2 heterocycles. The molecule has 0 unspecified atom stereocenters. The first-order valence-corrected chi connectivity index (χ1v) is 8.09. The molecule has 3 rings (SSSR count). The first-order chi connectivity index (χ1) is 12.8. The van der Waals surface area contributed by atoms with Crippen molar-refractivity contribution >= 4 is 33.8 Å². The predicted octanol–water partition coefficient (Wildman–Crippen LogP) is 3.97. The van der Waals surface area contributed by atoms with Gasteiger partial charge in [-0.1, -0.05) is 11.3 Å². The molecule has 0 atom stereocenters. The van der Waals surface area contributed by atoms with Crippen molar-refractivity contribution in [2.24, 2.45) is 0 Å². The Morgan fingerprint density at radius 3 is 2.59 bits per heavy atom. The second kappa shape index (κ2) is 7.58. The number of nitrogen functional groups attached to an aromatic ring is 1. The van der Waals surface area contributed by atoms with E-state index in [1.165, 1.54) is 12.1 Å². The summed E-state index contributed by atoms with van der Waals surface area (Å²) in [4.78, 5) is 20.1. The van der Waals surface area contributed by atoms with Crippen molar-refractivity contribution in [1.29, 1.82) is 0 Å². The highest BCUT2D eigenvalue weighted by atomic mass is 32.1. The number of halogens is 4. The molecular formula is C16H10F4N4O2S. The predicted molar refractivity (Wildman–Crippen MR) is 90.5 cm³/mol. The lowest BCUT2D eigenvalue weighted by Crippen LogP contribution is -2.06. The van der Waals surface area contributed by atoms with Crippen molar-refractivity contribution in [3.63, 3.8) is 0 Å². The molecule has 0 aliphatic carbocycles. The monoisotopic (exact) mass is 398 g/mol. The SMILES string of the molecule is Nc1nc(Nc2ccc(F)c(F)c2)sc1C(=O)c1ccc(OC(F)F)nc1. The fourth-order valence-electron chi connectivity index (χ4n) is 2.05. The van der Waals surface area contributed by atoms with Crippen molar-refractivity contribution in [2.75, 3.05) is 11.1 Å². The molecule has 0 radical (unpaired) electrons. The highest BCUT2D eigenvalue weighted by molar-refractivity contribution is 7.18. The Kier molecular flexibility index (Phi) is 5.21. The van der Waals surface area contributed by atoms with Gasteiger partial charge in [0.05, 0.1) is 0 Å². The number of hydrogen-bond acceptors (Lipinski definition) is 7. The van der Waals surface area contributed by atoms with E-state index in [-0.39, 0.29) is 33.0 Å². The fraction of sp³-hybridized carbons (Fsp3) is 0.0625. The van der Waals surface area contributed by atoms with E-state index < -0.39 is 24.0 Å². The highest BCUT2D eigenvalue weighted by Gasteiger charge is 2.19. The third-order valence-electron chi connectivity index (χ3n) is 3.24. The van der Waals surface area contributed by atoms with Crippen LogP contribution in [-0.4, -0.2) is 22.4 Å². The minimum atomic E-state index is -3.03. The molecule has 0 bridgehead atoms. The van der Waals surface area contributed by atoms with Crippen LogP contribution in [0.5, 0.6) is 5.88 Å². The summed E-state index contributed by atoms with van der Waals surface area (Å²) in [6, 6.07) is 5.55. The Hall–Kier alpha value is -3.21. The smallest absolute Gasteiger partial charge is 0.388 e. The van der Waals surface area contributed by atoms with E-state index in [1.807, 2.05) is 0 Å². The number of rotatable bonds is 6. The summed E-state index contributed by atoms with van der Waals surface area (Å²) in [6.07, 6.45) is 1.07. The summed E-state index contributed by atoms with van der Waals surface area (Å²) in [5.74, 6) is -2.98. The van der Waals surface area contributed by atoms with Crippen molar-refractivity contribution in [2.45, 2.75) is 6.61 Å². The lowest BCUT2D eigenvalue weighted by Gasteiger charge is -2.03. The van der Waals surface area contributed by atoms with Crippen molar-refractivity contribution < 1.29 is 27.1 Å². The van der Waals surface area contributed by atoms with Crippen LogP contribution in [0.4, 0.5) is 34.2 Å². The molecule has 0 aliphatic heterocycles. The number of nitrogens with zero attached hydrogens (tertiary/aromatic N) is 2. The minimum Gasteiger partial charge on any atom is -0.417 e. The third kappa shape index (κ3) is 4.31. The maximum atomic E-state index is 13.3. The van der Waals surface area contributed by atoms with Crippen LogP contribution in [0.25, 0.3) is 0 Å². The summed E-state index contributed by atoms with van der Waals surface area (Å²) < 4.78 is 54.6. The van der Waals surface area contributed by atoms with E-state index in [4.69, 9.17) is 5.73 Å². The van der Waals surface area contributed by atoms with Gasteiger partial charge in [-0.2, -0.15) is 8.78 Å². The summed E-state index contributed by atoms with van der Waals surface area (Å²) in [7, 11) is 0. The first-order valence-electron chi connectivity index (χ1n) is 7.27. The number of carbonyl (C=O) groups excluding carboxylic acids is 1. The molecule has 0 amide bonds. The minimum absolute atomic E-state index is 0.0735. The quantitative estimate of drug-likeness (QED) is 0.482. The number of thiazole rings is 1. The zero-order valence-electron chi connectivity index (χ0n) is 13.2. The van der Waals surface area contributed by atoms with Crippen LogP contribution >= 0.6 is 11.3 Å². The van der Waals surface area contributed by atoms with Crippen LogP contribution in [-0.2, 0) is 0 Å². The molecule has 1 aromatic carbocycles. The third-order valence-corrected chi connectivity index (χ3v) is 4.22. The van der Waals surface area contributed by atoms with E-state index in [0.29, 0.717) is 0 Å². The molecule has 6 nitrogen and oxygen atoms in total. The van der Waals surface area contributed by atoms with Crippen molar-refractivity contribution in [3.8, 4) is 5.88 Å². The van der Waals surface area contributed by atoms with Crippen molar-refractivity contribution in [1.82, 2.24) is 9.97 Å². The zero-order chi connectivity index (χ0) is 19.6. The Balaban J connectivity index is 1.78. The van der Waals surface area contributed by atoms with E-state index in [9.17, 15) is 22.4 Å². The molecule has 0 fully saturated rings. The van der Waals surface area contributed by atoms with Gasteiger partial charge in [-0.05, 0) is 18.2 Å². The van der Waals surface area contributed by atoms with Gasteiger partial charge in [0.1, 0.15) is 10.7 Å². The van der Waals surface area contributed by atoms with Gasteiger partial charge in [0.25, 0.3) is 0 Å². The lowest BCUT2D eigenvalue weighted by atomic mass is 10.1. The summed E-state index contributed by atoms with van der Waals surface area (Å²) in [6.45, 7) is -3.03. The normalized spacial score (nSPS) is 10.9. The van der Waals surface area contributed by atoms with E-state index >= 15 is 0 Å². The Morgan fingerprint density at radius 1 is 1.19 bits per heavy atom. The number of ketones is 1. The van der Waals surface area contributed by atoms with Crippen LogP contribution in [0.3, 0.4) is 0 Å². The molecule has 2 aromatic heterocycles. The molecule has 0 aliphatic rings. The second-order valence-corrected chi connectivity index (χ2v) is 6.08. The van der Waals surface area contributed by atoms with Crippen LogP contribution in [0.15, 0.2) is 36.5 Å². The van der Waals surface area contributed by atoms with Gasteiger partial charge in [-0.25, -0.2) is 18.7 Å². The van der Waals surface area contributed by atoms with Gasteiger partial charge in [-0.15, -0.1) is 0 Å². The van der Waals surface area contributed by atoms with Crippen LogP contribution in [0.2, 0.25) is 0 Å². The number of anilines is 3. The average molecular weight is 398 g/mol. The maximum Gasteiger partial charge on any atom is 0.388 e. The van der Waals surface area contributed by atoms with Crippen LogP contribution < -0.4 is 15.8 Å². The van der Waals surface area contributed by atoms with Gasteiger partial charge in [0.2, 0.25) is 11.7 Å². The number of nitrogens with two attached hydrogens (primary N) is 1. The average Bonchev–Trinajstić information content (AvgIpc) is 2.98. The summed E-state index contributed by atoms with van der Waals surface area (Å²) in [5, 5.41) is 2.91. The molecular weight excluding hydrogens is 388 g/mol. The summed E-state index contributed by atoms with van der Waals surface area (Å²) >= 11 is 0.890. The van der Waals surface area contributed by atoms with Crippen LogP contribution in [0, 0.1) is 11.6 Å². The molecule has 0 saturated carbocycles. The number of benzene rings is 1. The van der Waals surface area contributed by atoms with Gasteiger partial charge in [-0.3, -0.25) is 4.79 Å². The molecule has 0 saturated heterocycles. The molecule has 27 heavy (non-hydrogen) atoms. The van der Waals surface area contributed by atoms with E-state index in [2.05, 4.69) is 20.0 Å². The zero-order valence-corrected chi connectivity index (χ0v) is 14.1. The number of alkyl halides is 2. The second-order valence-electron chi connectivity index (χ2n) is 5.08. The van der Waals surface area contributed by atoms with Crippen molar-refractivity contribution in [3.05, 3.63) is 58.6 Å². The number of pyridine rings is 1. The number of carbonyl (C=O) groups is 1. The van der Waals surface area contributed by atoms with Crippen LogP contribution in [0.1, 0.15) is 15.2 Å². The van der Waals surface area contributed by atoms with Gasteiger partial charge in [0.15, 0.2) is 16.8 Å². The number of nitrogens with one attached hydrogen (secondary N) is 1. The van der Waals surface area contributed by atoms with Gasteiger partial charge in [0, 0.05) is 29.6 Å². The standard InChI is InChI=1S/C16H10F4N4O2S/c17-9-3-2-8(5-10(9)18)23-16-24-14(21)13(27-16)12(25)7-1-4-11(22-6-7)26-15(19)20/h1-6,15H,21H2,(H,23,24). The maximum absolute atomic E-state index is 13.3. The Morgan fingerprint density at radius 2 is 1.96 bits per heavy atom.